The lowest BCUT2D eigenvalue weighted by atomic mass is 9.84. The number of carboxylic acid groups (broad SMARTS) is 1. The quantitative estimate of drug-likeness (QED) is 0.260. The first-order valence-electron chi connectivity index (χ1n) is 12.9. The summed E-state index contributed by atoms with van der Waals surface area (Å²) in [5.41, 5.74) is 7.18. The van der Waals surface area contributed by atoms with E-state index in [1.54, 1.807) is 35.6 Å². The monoisotopic (exact) mass is 511 g/mol. The molecule has 1 saturated carbocycles. The van der Waals surface area contributed by atoms with Crippen molar-refractivity contribution >= 4 is 33.8 Å². The molecule has 4 aromatic rings. The van der Waals surface area contributed by atoms with Crippen molar-refractivity contribution in [1.82, 2.24) is 4.98 Å². The molecule has 0 bridgehead atoms. The van der Waals surface area contributed by atoms with Crippen molar-refractivity contribution in [2.45, 2.75) is 44.6 Å². The Bertz CT molecular complexity index is 1320. The van der Waals surface area contributed by atoms with Crippen molar-refractivity contribution in [2.24, 2.45) is 0 Å². The van der Waals surface area contributed by atoms with Crippen LogP contribution in [0.1, 0.15) is 59.5 Å². The number of aromatic nitrogens is 1. The first-order chi connectivity index (χ1) is 18.0. The first-order valence-corrected chi connectivity index (χ1v) is 13.8. The van der Waals surface area contributed by atoms with Gasteiger partial charge in [-0.05, 0) is 66.3 Å². The molecule has 1 aliphatic carbocycles. The molecule has 6 heteroatoms. The van der Waals surface area contributed by atoms with Crippen molar-refractivity contribution in [2.75, 3.05) is 23.9 Å². The van der Waals surface area contributed by atoms with Crippen LogP contribution in [0.5, 0.6) is 0 Å². The van der Waals surface area contributed by atoms with Crippen LogP contribution in [-0.4, -0.2) is 30.2 Å². The Hall–Kier alpha value is -3.64. The molecule has 1 aliphatic rings. The van der Waals surface area contributed by atoms with E-state index >= 15 is 0 Å². The van der Waals surface area contributed by atoms with Crippen LogP contribution >= 0.6 is 11.3 Å². The van der Waals surface area contributed by atoms with Crippen LogP contribution in [0, 0.1) is 0 Å². The van der Waals surface area contributed by atoms with E-state index < -0.39 is 5.97 Å². The fourth-order valence-electron chi connectivity index (χ4n) is 5.07. The van der Waals surface area contributed by atoms with Gasteiger partial charge in [-0.2, -0.15) is 0 Å². The molecule has 0 saturated heterocycles. The van der Waals surface area contributed by atoms with Crippen molar-refractivity contribution in [1.29, 1.82) is 0 Å². The molecule has 1 N–H and O–H groups in total. The second kappa shape index (κ2) is 11.2. The third-order valence-corrected chi connectivity index (χ3v) is 8.28. The Kier molecular flexibility index (Phi) is 7.56. The maximum atomic E-state index is 11.1. The van der Waals surface area contributed by atoms with Gasteiger partial charge in [0.15, 0.2) is 5.13 Å². The second-order valence-electron chi connectivity index (χ2n) is 9.91. The number of aromatic carboxylic acids is 1. The van der Waals surface area contributed by atoms with Crippen molar-refractivity contribution in [3.63, 3.8) is 0 Å². The summed E-state index contributed by atoms with van der Waals surface area (Å²) in [4.78, 5) is 20.2. The molecular weight excluding hydrogens is 478 g/mol. The van der Waals surface area contributed by atoms with E-state index in [0.29, 0.717) is 0 Å². The third kappa shape index (κ3) is 5.86. The minimum absolute atomic E-state index is 0.276. The summed E-state index contributed by atoms with van der Waals surface area (Å²) in [5, 5.41) is 12.0. The number of hydrogen-bond donors (Lipinski definition) is 1. The van der Waals surface area contributed by atoms with Gasteiger partial charge in [-0.25, -0.2) is 9.78 Å². The predicted octanol–water partition coefficient (Wildman–Crippen LogP) is 7.96. The number of carboxylic acids is 1. The SMILES string of the molecule is CN(Cc1ccc(C2CCCCC2)cc1)c1ccc(-c2csc(N(C)c3ccc(C(=O)O)cc3)n2)cc1. The van der Waals surface area contributed by atoms with Gasteiger partial charge in [0.1, 0.15) is 0 Å². The summed E-state index contributed by atoms with van der Waals surface area (Å²) in [6, 6.07) is 24.6. The van der Waals surface area contributed by atoms with E-state index in [1.807, 2.05) is 11.9 Å². The molecule has 0 amide bonds. The van der Waals surface area contributed by atoms with Crippen LogP contribution in [0.15, 0.2) is 78.2 Å². The number of carbonyl (C=O) groups is 1. The Morgan fingerprint density at radius 3 is 2.19 bits per heavy atom. The zero-order valence-electron chi connectivity index (χ0n) is 21.4. The maximum Gasteiger partial charge on any atom is 0.335 e. The van der Waals surface area contributed by atoms with Crippen molar-refractivity contribution < 1.29 is 9.90 Å². The van der Waals surface area contributed by atoms with E-state index in [1.165, 1.54) is 48.9 Å². The summed E-state index contributed by atoms with van der Waals surface area (Å²) in [7, 11) is 4.08. The fraction of sp³-hybridized carbons (Fsp3) is 0.290. The third-order valence-electron chi connectivity index (χ3n) is 7.36. The molecule has 190 valence electrons. The lowest BCUT2D eigenvalue weighted by Crippen LogP contribution is -2.16. The summed E-state index contributed by atoms with van der Waals surface area (Å²) in [5.74, 6) is -0.177. The minimum Gasteiger partial charge on any atom is -0.478 e. The van der Waals surface area contributed by atoms with Crippen LogP contribution in [0.25, 0.3) is 11.3 Å². The highest BCUT2D eigenvalue weighted by atomic mass is 32.1. The molecule has 0 unspecified atom stereocenters. The van der Waals surface area contributed by atoms with Gasteiger partial charge in [0.25, 0.3) is 0 Å². The van der Waals surface area contributed by atoms with Crippen LogP contribution in [0.3, 0.4) is 0 Å². The zero-order chi connectivity index (χ0) is 25.8. The van der Waals surface area contributed by atoms with Crippen LogP contribution in [0.4, 0.5) is 16.5 Å². The number of anilines is 3. The van der Waals surface area contributed by atoms with Gasteiger partial charge in [-0.3, -0.25) is 0 Å². The Morgan fingerprint density at radius 2 is 1.54 bits per heavy atom. The van der Waals surface area contributed by atoms with Crippen molar-refractivity contribution in [3.8, 4) is 11.3 Å². The normalized spacial score (nSPS) is 13.9. The Balaban J connectivity index is 1.21. The molecule has 37 heavy (non-hydrogen) atoms. The van der Waals surface area contributed by atoms with E-state index in [-0.39, 0.29) is 5.56 Å². The van der Waals surface area contributed by atoms with Crippen LogP contribution in [0.2, 0.25) is 0 Å². The van der Waals surface area contributed by atoms with Gasteiger partial charge in [-0.15, -0.1) is 11.3 Å². The molecular formula is C31H33N3O2S. The predicted molar refractivity (Wildman–Crippen MR) is 153 cm³/mol. The van der Waals surface area contributed by atoms with E-state index in [2.05, 4.69) is 65.9 Å². The number of rotatable bonds is 8. The molecule has 0 atom stereocenters. The van der Waals surface area contributed by atoms with Gasteiger partial charge in [0, 0.05) is 43.0 Å². The molecule has 5 rings (SSSR count). The Labute approximate surface area is 223 Å². The van der Waals surface area contributed by atoms with E-state index in [0.717, 1.165) is 34.5 Å². The zero-order valence-corrected chi connectivity index (χ0v) is 22.2. The number of benzene rings is 3. The molecule has 5 nitrogen and oxygen atoms in total. The van der Waals surface area contributed by atoms with E-state index in [9.17, 15) is 4.79 Å². The average Bonchev–Trinajstić information content (AvgIpc) is 3.44. The van der Waals surface area contributed by atoms with Gasteiger partial charge in [0.2, 0.25) is 0 Å². The minimum atomic E-state index is -0.924. The molecule has 1 heterocycles. The standard InChI is InChI=1S/C31H33N3O2S/c1-33(20-22-8-10-24(11-9-22)23-6-4-3-5-7-23)27-16-12-25(13-17-27)29-21-37-31(32-29)34(2)28-18-14-26(15-19-28)30(35)36/h8-19,21,23H,3-7,20H2,1-2H3,(H,35,36). The van der Waals surface area contributed by atoms with Gasteiger partial charge in [0.05, 0.1) is 11.3 Å². The van der Waals surface area contributed by atoms with Crippen LogP contribution in [-0.2, 0) is 6.54 Å². The molecule has 0 radical (unpaired) electrons. The highest BCUT2D eigenvalue weighted by Gasteiger charge is 2.16. The molecule has 1 fully saturated rings. The number of hydrogen-bond acceptors (Lipinski definition) is 5. The lowest BCUT2D eigenvalue weighted by Gasteiger charge is -2.23. The first kappa shape index (κ1) is 25.0. The number of thiazole rings is 1. The highest BCUT2D eigenvalue weighted by Crippen LogP contribution is 2.34. The molecule has 1 aromatic heterocycles. The molecule has 3 aromatic carbocycles. The lowest BCUT2D eigenvalue weighted by molar-refractivity contribution is 0.0697. The van der Waals surface area contributed by atoms with Crippen molar-refractivity contribution in [3.05, 3.63) is 94.9 Å². The summed E-state index contributed by atoms with van der Waals surface area (Å²) >= 11 is 1.57. The smallest absolute Gasteiger partial charge is 0.335 e. The summed E-state index contributed by atoms with van der Waals surface area (Å²) in [6.07, 6.45) is 6.80. The average molecular weight is 512 g/mol. The molecule has 0 spiro atoms. The highest BCUT2D eigenvalue weighted by molar-refractivity contribution is 7.14. The van der Waals surface area contributed by atoms with Gasteiger partial charge >= 0.3 is 5.97 Å². The second-order valence-corrected chi connectivity index (χ2v) is 10.7. The fourth-order valence-corrected chi connectivity index (χ4v) is 5.89. The Morgan fingerprint density at radius 1 is 0.892 bits per heavy atom. The summed E-state index contributed by atoms with van der Waals surface area (Å²) < 4.78 is 0. The number of nitrogens with zero attached hydrogens (tertiary/aromatic N) is 3. The summed E-state index contributed by atoms with van der Waals surface area (Å²) in [6.45, 7) is 0.872. The van der Waals surface area contributed by atoms with Gasteiger partial charge < -0.3 is 14.9 Å². The van der Waals surface area contributed by atoms with Gasteiger partial charge in [-0.1, -0.05) is 55.7 Å². The molecule has 0 aliphatic heterocycles. The maximum absolute atomic E-state index is 11.1. The van der Waals surface area contributed by atoms with Crippen LogP contribution < -0.4 is 9.80 Å². The topological polar surface area (TPSA) is 56.7 Å². The largest absolute Gasteiger partial charge is 0.478 e. The van der Waals surface area contributed by atoms with E-state index in [4.69, 9.17) is 10.1 Å².